The van der Waals surface area contributed by atoms with Crippen LogP contribution in [-0.4, -0.2) is 34.7 Å². The number of sulfonamides is 1. The number of nitrogens with zero attached hydrogens (tertiary/aromatic N) is 3. The number of alkyl halides is 3. The molecule has 0 bridgehead atoms. The van der Waals surface area contributed by atoms with Gasteiger partial charge in [-0.15, -0.1) is 11.3 Å². The van der Waals surface area contributed by atoms with Gasteiger partial charge in [-0.25, -0.2) is 23.4 Å². The summed E-state index contributed by atoms with van der Waals surface area (Å²) in [6.45, 7) is 6.66. The van der Waals surface area contributed by atoms with Crippen LogP contribution in [0.3, 0.4) is 0 Å². The zero-order chi connectivity index (χ0) is 25.6. The summed E-state index contributed by atoms with van der Waals surface area (Å²) in [4.78, 5) is 17.6. The average Bonchev–Trinajstić information content (AvgIpc) is 3.19. The van der Waals surface area contributed by atoms with Gasteiger partial charge in [0.25, 0.3) is 0 Å². The molecule has 0 saturated carbocycles. The van der Waals surface area contributed by atoms with Gasteiger partial charge in [0.15, 0.2) is 5.66 Å². The molecule has 4 rings (SSSR count). The Bertz CT molecular complexity index is 1350. The molecule has 2 aromatic heterocycles. The van der Waals surface area contributed by atoms with Gasteiger partial charge >= 0.3 is 6.18 Å². The molecule has 0 aliphatic carbocycles. The van der Waals surface area contributed by atoms with Crippen LogP contribution in [0.1, 0.15) is 37.0 Å². The number of hydroxylamine groups is 1. The lowest BCUT2D eigenvalue weighted by molar-refractivity contribution is -0.170. The second-order valence-electron chi connectivity index (χ2n) is 9.02. The molecular weight excluding hydrogens is 505 g/mol. The van der Waals surface area contributed by atoms with E-state index < -0.39 is 32.3 Å². The van der Waals surface area contributed by atoms with Crippen LogP contribution in [0.4, 0.5) is 24.8 Å². The number of thiazole rings is 1. The lowest BCUT2D eigenvalue weighted by atomic mass is 10.1. The van der Waals surface area contributed by atoms with Crippen molar-refractivity contribution in [1.82, 2.24) is 25.2 Å². The van der Waals surface area contributed by atoms with E-state index in [1.165, 1.54) is 11.3 Å². The van der Waals surface area contributed by atoms with E-state index in [0.717, 1.165) is 28.3 Å². The van der Waals surface area contributed by atoms with Gasteiger partial charge in [0.1, 0.15) is 17.3 Å². The van der Waals surface area contributed by atoms with Crippen molar-refractivity contribution in [3.8, 4) is 10.4 Å². The fraction of sp³-hybridized carbons (Fsp3) is 0.381. The molecule has 1 aliphatic heterocycles. The number of rotatable bonds is 6. The number of hydrogen-bond donors (Lipinski definition) is 3. The Morgan fingerprint density at radius 1 is 1.17 bits per heavy atom. The normalized spacial score (nSPS) is 18.8. The standard InChI is InChI=1S/C21H23F3N6O3S2/c1-12-7-13(9-14(8-12)27-18-25-6-5-16(28-18)21(22,23)24)15-10-26-17(34-15)20(11-33-29-20)30-35(31,32)19(2,3)4/h5-10,29-30H,11H2,1-4H3,(H,25,27,28). The molecule has 0 spiro atoms. The summed E-state index contributed by atoms with van der Waals surface area (Å²) >= 11 is 1.26. The fourth-order valence-electron chi connectivity index (χ4n) is 3.11. The Balaban J connectivity index is 1.62. The zero-order valence-electron chi connectivity index (χ0n) is 19.2. The number of nitrogens with one attached hydrogen (secondary N) is 3. The number of aryl methyl sites for hydroxylation is 1. The summed E-state index contributed by atoms with van der Waals surface area (Å²) in [6, 6.07) is 6.15. The minimum atomic E-state index is -4.58. The first-order valence-electron chi connectivity index (χ1n) is 10.4. The van der Waals surface area contributed by atoms with Crippen LogP contribution >= 0.6 is 11.3 Å². The Morgan fingerprint density at radius 2 is 1.89 bits per heavy atom. The van der Waals surface area contributed by atoms with Crippen molar-refractivity contribution in [3.05, 3.63) is 52.9 Å². The highest BCUT2D eigenvalue weighted by Crippen LogP contribution is 2.37. The van der Waals surface area contributed by atoms with Gasteiger partial charge in [-0.1, -0.05) is 6.07 Å². The Morgan fingerprint density at radius 3 is 2.49 bits per heavy atom. The summed E-state index contributed by atoms with van der Waals surface area (Å²) in [5.41, 5.74) is 2.50. The Hall–Kier alpha value is -2.65. The Labute approximate surface area is 204 Å². The van der Waals surface area contributed by atoms with E-state index in [0.29, 0.717) is 10.7 Å². The maximum atomic E-state index is 13.0. The van der Waals surface area contributed by atoms with Crippen LogP contribution in [-0.2, 0) is 26.7 Å². The number of halogens is 3. The van der Waals surface area contributed by atoms with Crippen molar-refractivity contribution in [2.45, 2.75) is 44.3 Å². The van der Waals surface area contributed by atoms with Gasteiger partial charge in [-0.05, 0) is 57.0 Å². The monoisotopic (exact) mass is 528 g/mol. The highest BCUT2D eigenvalue weighted by molar-refractivity contribution is 7.90. The predicted molar refractivity (Wildman–Crippen MR) is 125 cm³/mol. The summed E-state index contributed by atoms with van der Waals surface area (Å²) < 4.78 is 66.0. The molecular formula is C21H23F3N6O3S2. The third-order valence-electron chi connectivity index (χ3n) is 5.08. The van der Waals surface area contributed by atoms with E-state index in [2.05, 4.69) is 30.5 Å². The summed E-state index contributed by atoms with van der Waals surface area (Å²) in [5, 5.41) is 3.27. The predicted octanol–water partition coefficient (Wildman–Crippen LogP) is 4.08. The van der Waals surface area contributed by atoms with Crippen LogP contribution < -0.4 is 15.5 Å². The topological polar surface area (TPSA) is 118 Å². The molecule has 1 aliphatic rings. The van der Waals surface area contributed by atoms with Crippen molar-refractivity contribution in [2.24, 2.45) is 0 Å². The number of hydrogen-bond acceptors (Lipinski definition) is 9. The van der Waals surface area contributed by atoms with Crippen molar-refractivity contribution >= 4 is 33.0 Å². The van der Waals surface area contributed by atoms with E-state index in [4.69, 9.17) is 4.84 Å². The highest BCUT2D eigenvalue weighted by Gasteiger charge is 2.48. The molecule has 35 heavy (non-hydrogen) atoms. The number of anilines is 2. The molecule has 1 aromatic carbocycles. The molecule has 188 valence electrons. The van der Waals surface area contributed by atoms with Gasteiger partial charge in [-0.2, -0.15) is 23.4 Å². The van der Waals surface area contributed by atoms with Crippen LogP contribution in [0.15, 0.2) is 36.7 Å². The second kappa shape index (κ2) is 8.78. The first kappa shape index (κ1) is 25.4. The second-order valence-corrected chi connectivity index (χ2v) is 12.5. The van der Waals surface area contributed by atoms with Gasteiger partial charge in [0, 0.05) is 18.1 Å². The third-order valence-corrected chi connectivity index (χ3v) is 8.52. The minimum absolute atomic E-state index is 0.0583. The van der Waals surface area contributed by atoms with Crippen LogP contribution in [0, 0.1) is 6.92 Å². The molecule has 1 unspecified atom stereocenters. The van der Waals surface area contributed by atoms with E-state index in [1.54, 1.807) is 39.1 Å². The van der Waals surface area contributed by atoms with Gasteiger partial charge in [0.2, 0.25) is 16.0 Å². The number of aromatic nitrogens is 3. The van der Waals surface area contributed by atoms with E-state index in [1.807, 2.05) is 13.0 Å². The molecule has 1 fully saturated rings. The van der Waals surface area contributed by atoms with Crippen LogP contribution in [0.25, 0.3) is 10.4 Å². The van der Waals surface area contributed by atoms with Crippen molar-refractivity contribution < 1.29 is 26.4 Å². The van der Waals surface area contributed by atoms with Gasteiger partial charge in [-0.3, -0.25) is 4.84 Å². The summed E-state index contributed by atoms with van der Waals surface area (Å²) in [6.07, 6.45) is -1.94. The molecule has 0 radical (unpaired) electrons. The lowest BCUT2D eigenvalue weighted by Gasteiger charge is -2.41. The van der Waals surface area contributed by atoms with Gasteiger partial charge < -0.3 is 5.32 Å². The third kappa shape index (κ3) is 5.30. The largest absolute Gasteiger partial charge is 0.433 e. The van der Waals surface area contributed by atoms with Crippen molar-refractivity contribution in [1.29, 1.82) is 0 Å². The minimum Gasteiger partial charge on any atom is -0.324 e. The number of benzene rings is 1. The van der Waals surface area contributed by atoms with Crippen molar-refractivity contribution in [2.75, 3.05) is 11.9 Å². The first-order valence-corrected chi connectivity index (χ1v) is 12.7. The molecule has 3 aromatic rings. The fourth-order valence-corrected chi connectivity index (χ4v) is 5.11. The molecule has 9 nitrogen and oxygen atoms in total. The average molecular weight is 529 g/mol. The smallest absolute Gasteiger partial charge is 0.324 e. The van der Waals surface area contributed by atoms with Crippen molar-refractivity contribution in [3.63, 3.8) is 0 Å². The molecule has 1 saturated heterocycles. The van der Waals surface area contributed by atoms with Gasteiger partial charge in [0.05, 0.1) is 9.62 Å². The zero-order valence-corrected chi connectivity index (χ0v) is 20.8. The SMILES string of the molecule is Cc1cc(Nc2nccc(C(F)(F)F)n2)cc(-c2cnc(C3(NS(=O)(=O)C(C)(C)C)CON3)s2)c1. The molecule has 3 N–H and O–H groups in total. The quantitative estimate of drug-likeness (QED) is 0.438. The summed E-state index contributed by atoms with van der Waals surface area (Å²) in [7, 11) is -3.71. The molecule has 3 heterocycles. The molecule has 1 atom stereocenters. The highest BCUT2D eigenvalue weighted by atomic mass is 32.2. The van der Waals surface area contributed by atoms with E-state index in [9.17, 15) is 21.6 Å². The van der Waals surface area contributed by atoms with E-state index in [-0.39, 0.29) is 12.6 Å². The van der Waals surface area contributed by atoms with E-state index >= 15 is 0 Å². The molecule has 14 heteroatoms. The maximum absolute atomic E-state index is 13.0. The Kier molecular flexibility index (Phi) is 6.38. The summed E-state index contributed by atoms with van der Waals surface area (Å²) in [5.74, 6) is -0.187. The molecule has 0 amide bonds. The lowest BCUT2D eigenvalue weighted by Crippen LogP contribution is -2.68. The first-order chi connectivity index (χ1) is 16.2. The van der Waals surface area contributed by atoms with Crippen LogP contribution in [0.2, 0.25) is 0 Å². The maximum Gasteiger partial charge on any atom is 0.433 e. The van der Waals surface area contributed by atoms with Crippen LogP contribution in [0.5, 0.6) is 0 Å².